The lowest BCUT2D eigenvalue weighted by Crippen LogP contribution is -2.46. The number of amides is 1. The quantitative estimate of drug-likeness (QED) is 0.604. The van der Waals surface area contributed by atoms with Gasteiger partial charge in [-0.15, -0.1) is 0 Å². The molecule has 7 heteroatoms. The lowest BCUT2D eigenvalue weighted by atomic mass is 9.98. The van der Waals surface area contributed by atoms with Crippen molar-refractivity contribution in [2.75, 3.05) is 6.61 Å². The molecular formula is C24H25N3O4. The molecular weight excluding hydrogens is 394 g/mol. The number of carbonyl (C=O) groups is 2. The zero-order valence-corrected chi connectivity index (χ0v) is 17.5. The van der Waals surface area contributed by atoms with E-state index in [2.05, 4.69) is 22.5 Å². The summed E-state index contributed by atoms with van der Waals surface area (Å²) in [6, 6.07) is 14.4. The first-order valence-electron chi connectivity index (χ1n) is 10.4. The SMILES string of the molecule is CCc1cnn(C(C)C(NC(=O)OCC2c3ccccc3-c3ccccc32)C(=O)O)c1. The molecule has 7 nitrogen and oxygen atoms in total. The van der Waals surface area contributed by atoms with Crippen LogP contribution in [0.2, 0.25) is 0 Å². The van der Waals surface area contributed by atoms with E-state index in [0.29, 0.717) is 0 Å². The number of carbonyl (C=O) groups excluding carboxylic acids is 1. The average Bonchev–Trinajstić information content (AvgIpc) is 3.38. The molecule has 3 aromatic rings. The zero-order valence-electron chi connectivity index (χ0n) is 17.5. The van der Waals surface area contributed by atoms with E-state index in [1.54, 1.807) is 24.0 Å². The lowest BCUT2D eigenvalue weighted by molar-refractivity contribution is -0.140. The van der Waals surface area contributed by atoms with Crippen molar-refractivity contribution in [3.05, 3.63) is 77.6 Å². The summed E-state index contributed by atoms with van der Waals surface area (Å²) in [5.41, 5.74) is 5.47. The molecule has 0 radical (unpaired) electrons. The minimum Gasteiger partial charge on any atom is -0.480 e. The third-order valence-corrected chi connectivity index (χ3v) is 5.85. The van der Waals surface area contributed by atoms with Crippen molar-refractivity contribution in [3.8, 4) is 11.1 Å². The summed E-state index contributed by atoms with van der Waals surface area (Å²) in [6.45, 7) is 3.83. The van der Waals surface area contributed by atoms with E-state index in [-0.39, 0.29) is 12.5 Å². The summed E-state index contributed by atoms with van der Waals surface area (Å²) >= 11 is 0. The Bertz CT molecular complexity index is 1060. The van der Waals surface area contributed by atoms with Gasteiger partial charge in [-0.3, -0.25) is 4.68 Å². The van der Waals surface area contributed by atoms with Crippen molar-refractivity contribution in [2.24, 2.45) is 0 Å². The second kappa shape index (κ2) is 8.63. The highest BCUT2D eigenvalue weighted by atomic mass is 16.5. The monoisotopic (exact) mass is 419 g/mol. The molecule has 0 spiro atoms. The van der Waals surface area contributed by atoms with Crippen LogP contribution in [0.15, 0.2) is 60.9 Å². The van der Waals surface area contributed by atoms with Crippen molar-refractivity contribution in [1.82, 2.24) is 15.1 Å². The molecule has 0 fully saturated rings. The molecule has 0 bridgehead atoms. The third-order valence-electron chi connectivity index (χ3n) is 5.85. The van der Waals surface area contributed by atoms with Crippen LogP contribution in [0, 0.1) is 0 Å². The number of hydrogen-bond acceptors (Lipinski definition) is 4. The second-order valence-electron chi connectivity index (χ2n) is 7.71. The van der Waals surface area contributed by atoms with Gasteiger partial charge >= 0.3 is 12.1 Å². The van der Waals surface area contributed by atoms with Crippen LogP contribution in [0.25, 0.3) is 11.1 Å². The molecule has 0 aliphatic heterocycles. The number of aliphatic carboxylic acids is 1. The van der Waals surface area contributed by atoms with E-state index in [0.717, 1.165) is 34.2 Å². The van der Waals surface area contributed by atoms with E-state index >= 15 is 0 Å². The van der Waals surface area contributed by atoms with Crippen LogP contribution < -0.4 is 5.32 Å². The van der Waals surface area contributed by atoms with Gasteiger partial charge in [0, 0.05) is 12.1 Å². The topological polar surface area (TPSA) is 93.5 Å². The highest BCUT2D eigenvalue weighted by Gasteiger charge is 2.31. The molecule has 1 aromatic heterocycles. The van der Waals surface area contributed by atoms with Gasteiger partial charge in [-0.25, -0.2) is 9.59 Å². The zero-order chi connectivity index (χ0) is 22.0. The van der Waals surface area contributed by atoms with Crippen molar-refractivity contribution < 1.29 is 19.4 Å². The molecule has 1 aliphatic rings. The van der Waals surface area contributed by atoms with Crippen molar-refractivity contribution in [2.45, 2.75) is 38.3 Å². The van der Waals surface area contributed by atoms with E-state index in [1.165, 1.54) is 0 Å². The van der Waals surface area contributed by atoms with E-state index < -0.39 is 24.1 Å². The number of alkyl carbamates (subject to hydrolysis) is 1. The summed E-state index contributed by atoms with van der Waals surface area (Å²) in [5, 5.41) is 16.4. The third kappa shape index (κ3) is 4.03. The molecule has 1 aliphatic carbocycles. The maximum Gasteiger partial charge on any atom is 0.407 e. The van der Waals surface area contributed by atoms with Gasteiger partial charge in [-0.05, 0) is 41.2 Å². The number of rotatable bonds is 7. The van der Waals surface area contributed by atoms with Crippen LogP contribution in [0.4, 0.5) is 4.79 Å². The average molecular weight is 419 g/mol. The Balaban J connectivity index is 1.45. The number of aryl methyl sites for hydroxylation is 1. The first-order chi connectivity index (χ1) is 15.0. The van der Waals surface area contributed by atoms with Crippen molar-refractivity contribution in [1.29, 1.82) is 0 Å². The molecule has 2 unspecified atom stereocenters. The highest BCUT2D eigenvalue weighted by Crippen LogP contribution is 2.44. The second-order valence-corrected chi connectivity index (χ2v) is 7.71. The lowest BCUT2D eigenvalue weighted by Gasteiger charge is -2.22. The largest absolute Gasteiger partial charge is 0.480 e. The van der Waals surface area contributed by atoms with Gasteiger partial charge in [0.15, 0.2) is 6.04 Å². The molecule has 2 N–H and O–H groups in total. The Morgan fingerprint density at radius 2 is 1.74 bits per heavy atom. The fraction of sp³-hybridized carbons (Fsp3) is 0.292. The smallest absolute Gasteiger partial charge is 0.407 e. The molecule has 31 heavy (non-hydrogen) atoms. The number of carboxylic acids is 1. The van der Waals surface area contributed by atoms with Crippen molar-refractivity contribution >= 4 is 12.1 Å². The summed E-state index contributed by atoms with van der Waals surface area (Å²) < 4.78 is 7.05. The van der Waals surface area contributed by atoms with Gasteiger partial charge in [0.1, 0.15) is 6.61 Å². The number of ether oxygens (including phenoxy) is 1. The molecule has 0 saturated heterocycles. The maximum absolute atomic E-state index is 12.5. The van der Waals surface area contributed by atoms with Gasteiger partial charge < -0.3 is 15.2 Å². The van der Waals surface area contributed by atoms with Gasteiger partial charge in [-0.2, -0.15) is 5.10 Å². The fourth-order valence-corrected chi connectivity index (χ4v) is 4.09. The van der Waals surface area contributed by atoms with Crippen molar-refractivity contribution in [3.63, 3.8) is 0 Å². The predicted octanol–water partition coefficient (Wildman–Crippen LogP) is 4.00. The van der Waals surface area contributed by atoms with Crippen LogP contribution in [0.5, 0.6) is 0 Å². The fourth-order valence-electron chi connectivity index (χ4n) is 4.09. The van der Waals surface area contributed by atoms with Crippen LogP contribution >= 0.6 is 0 Å². The Morgan fingerprint density at radius 1 is 1.13 bits per heavy atom. The summed E-state index contributed by atoms with van der Waals surface area (Å²) in [7, 11) is 0. The molecule has 2 atom stereocenters. The molecule has 4 rings (SSSR count). The number of hydrogen-bond donors (Lipinski definition) is 2. The summed E-state index contributed by atoms with van der Waals surface area (Å²) in [6.07, 6.45) is 3.52. The Hall–Kier alpha value is -3.61. The molecule has 2 aromatic carbocycles. The van der Waals surface area contributed by atoms with Crippen LogP contribution in [0.1, 0.15) is 42.5 Å². The number of nitrogens with one attached hydrogen (secondary N) is 1. The van der Waals surface area contributed by atoms with E-state index in [9.17, 15) is 14.7 Å². The standard InChI is InChI=1S/C24H25N3O4/c1-3-16-12-25-27(13-16)15(2)22(23(28)29)26-24(30)31-14-21-19-10-6-4-8-17(19)18-9-5-7-11-20(18)21/h4-13,15,21-22H,3,14H2,1-2H3,(H,26,30)(H,28,29). The number of fused-ring (bicyclic) bond motifs is 3. The number of aromatic nitrogens is 2. The van der Waals surface area contributed by atoms with Crippen LogP contribution in [0.3, 0.4) is 0 Å². The highest BCUT2D eigenvalue weighted by molar-refractivity contribution is 5.81. The predicted molar refractivity (Wildman–Crippen MR) is 116 cm³/mol. The van der Waals surface area contributed by atoms with Gasteiger partial charge in [0.25, 0.3) is 0 Å². The van der Waals surface area contributed by atoms with Gasteiger partial charge in [0.05, 0.1) is 12.2 Å². The maximum atomic E-state index is 12.5. The normalized spacial score (nSPS) is 14.4. The Kier molecular flexibility index (Phi) is 5.75. The Labute approximate surface area is 180 Å². The Morgan fingerprint density at radius 3 is 2.29 bits per heavy atom. The van der Waals surface area contributed by atoms with Gasteiger partial charge in [0.2, 0.25) is 0 Å². The first kappa shape index (κ1) is 20.7. The van der Waals surface area contributed by atoms with Crippen LogP contribution in [-0.2, 0) is 16.0 Å². The minimum absolute atomic E-state index is 0.0860. The van der Waals surface area contributed by atoms with E-state index in [1.807, 2.05) is 43.3 Å². The number of carboxylic acid groups (broad SMARTS) is 1. The van der Waals surface area contributed by atoms with Gasteiger partial charge in [-0.1, -0.05) is 55.5 Å². The van der Waals surface area contributed by atoms with Crippen LogP contribution in [-0.4, -0.2) is 39.6 Å². The molecule has 160 valence electrons. The number of benzene rings is 2. The molecule has 1 amide bonds. The minimum atomic E-state index is -1.17. The first-order valence-corrected chi connectivity index (χ1v) is 10.4. The molecule has 1 heterocycles. The number of nitrogens with zero attached hydrogens (tertiary/aromatic N) is 2. The summed E-state index contributed by atoms with van der Waals surface area (Å²) in [5.74, 6) is -1.23. The van der Waals surface area contributed by atoms with E-state index in [4.69, 9.17) is 4.74 Å². The molecule has 0 saturated carbocycles. The summed E-state index contributed by atoms with van der Waals surface area (Å²) in [4.78, 5) is 24.3.